The maximum atomic E-state index is 6.17. The van der Waals surface area contributed by atoms with Crippen LogP contribution in [0.15, 0.2) is 47.6 Å². The molecule has 1 aromatic carbocycles. The summed E-state index contributed by atoms with van der Waals surface area (Å²) < 4.78 is 0. The predicted molar refractivity (Wildman–Crippen MR) is 124 cm³/mol. The molecule has 1 saturated heterocycles. The molecule has 0 radical (unpaired) electrons. The number of benzene rings is 1. The van der Waals surface area contributed by atoms with Crippen molar-refractivity contribution in [3.05, 3.63) is 58.9 Å². The number of aryl methyl sites for hydroxylation is 1. The van der Waals surface area contributed by atoms with Crippen molar-refractivity contribution in [3.8, 4) is 0 Å². The highest BCUT2D eigenvalue weighted by atomic mass is 127. The van der Waals surface area contributed by atoms with Gasteiger partial charge in [-0.25, -0.2) is 0 Å². The lowest BCUT2D eigenvalue weighted by Crippen LogP contribution is -2.40. The van der Waals surface area contributed by atoms with Crippen LogP contribution in [0, 0.1) is 12.8 Å². The van der Waals surface area contributed by atoms with Crippen LogP contribution < -0.4 is 15.5 Å². The molecule has 0 amide bonds. The van der Waals surface area contributed by atoms with Crippen LogP contribution in [-0.2, 0) is 6.54 Å². The van der Waals surface area contributed by atoms with Gasteiger partial charge in [0.2, 0.25) is 0 Å². The molecule has 2 aromatic rings. The van der Waals surface area contributed by atoms with Crippen molar-refractivity contribution in [2.24, 2.45) is 10.9 Å². The van der Waals surface area contributed by atoms with E-state index in [4.69, 9.17) is 11.6 Å². The summed E-state index contributed by atoms with van der Waals surface area (Å²) in [6.07, 6.45) is 2.97. The van der Waals surface area contributed by atoms with E-state index in [9.17, 15) is 0 Å². The van der Waals surface area contributed by atoms with Gasteiger partial charge in [0, 0.05) is 43.6 Å². The molecule has 1 fully saturated rings. The number of halogens is 2. The fourth-order valence-corrected chi connectivity index (χ4v) is 3.45. The molecule has 1 atom stereocenters. The number of nitrogens with one attached hydrogen (secondary N) is 2. The first-order chi connectivity index (χ1) is 12.7. The minimum Gasteiger partial charge on any atom is -0.371 e. The van der Waals surface area contributed by atoms with Crippen LogP contribution in [0.2, 0.25) is 5.02 Å². The molecule has 0 saturated carbocycles. The molecule has 7 heteroatoms. The van der Waals surface area contributed by atoms with Gasteiger partial charge in [-0.1, -0.05) is 23.7 Å². The van der Waals surface area contributed by atoms with Crippen molar-refractivity contribution in [3.63, 3.8) is 0 Å². The molecule has 2 heterocycles. The van der Waals surface area contributed by atoms with Gasteiger partial charge in [-0.05, 0) is 49.1 Å². The highest BCUT2D eigenvalue weighted by Gasteiger charge is 2.24. The molecule has 0 bridgehead atoms. The van der Waals surface area contributed by atoms with Gasteiger partial charge in [0.05, 0.1) is 12.2 Å². The third kappa shape index (κ3) is 6.24. The van der Waals surface area contributed by atoms with Crippen molar-refractivity contribution in [1.29, 1.82) is 0 Å². The fourth-order valence-electron chi connectivity index (χ4n) is 3.28. The third-order valence-electron chi connectivity index (χ3n) is 4.74. The molecule has 1 aromatic heterocycles. The standard InChI is InChI=1S/C20H26ClN5.HI/c1-15-6-7-17(21)11-19(15)26-10-8-16(14-26)12-24-20(22-2)25-13-18-5-3-4-9-23-18;/h3-7,9,11,16H,8,10,12-14H2,1-2H3,(H2,22,24,25);1H. The van der Waals surface area contributed by atoms with E-state index >= 15 is 0 Å². The van der Waals surface area contributed by atoms with Crippen LogP contribution >= 0.6 is 35.6 Å². The number of hydrogen-bond donors (Lipinski definition) is 2. The fraction of sp³-hybridized carbons (Fsp3) is 0.400. The van der Waals surface area contributed by atoms with Gasteiger partial charge >= 0.3 is 0 Å². The van der Waals surface area contributed by atoms with Gasteiger partial charge in [-0.15, -0.1) is 24.0 Å². The molecule has 2 N–H and O–H groups in total. The van der Waals surface area contributed by atoms with Gasteiger partial charge in [-0.2, -0.15) is 0 Å². The van der Waals surface area contributed by atoms with E-state index in [1.807, 2.05) is 24.3 Å². The van der Waals surface area contributed by atoms with Crippen LogP contribution in [0.5, 0.6) is 0 Å². The molecule has 1 aliphatic heterocycles. The van der Waals surface area contributed by atoms with E-state index in [0.717, 1.165) is 42.7 Å². The molecular weight excluding hydrogens is 473 g/mol. The molecule has 0 aliphatic carbocycles. The minimum atomic E-state index is 0. The zero-order chi connectivity index (χ0) is 18.4. The quantitative estimate of drug-likeness (QED) is 0.373. The Morgan fingerprint density at radius 1 is 1.30 bits per heavy atom. The summed E-state index contributed by atoms with van der Waals surface area (Å²) in [5.41, 5.74) is 3.52. The van der Waals surface area contributed by atoms with Crippen LogP contribution in [0.1, 0.15) is 17.7 Å². The molecule has 27 heavy (non-hydrogen) atoms. The second kappa shape index (κ2) is 10.7. The monoisotopic (exact) mass is 499 g/mol. The van der Waals surface area contributed by atoms with Crippen molar-refractivity contribution < 1.29 is 0 Å². The Morgan fingerprint density at radius 3 is 2.89 bits per heavy atom. The lowest BCUT2D eigenvalue weighted by molar-refractivity contribution is 0.565. The van der Waals surface area contributed by atoms with Crippen molar-refractivity contribution in [1.82, 2.24) is 15.6 Å². The Bertz CT molecular complexity index is 753. The van der Waals surface area contributed by atoms with Crippen LogP contribution in [0.3, 0.4) is 0 Å². The Labute approximate surface area is 183 Å². The Morgan fingerprint density at radius 2 is 2.15 bits per heavy atom. The Balaban J connectivity index is 0.00000261. The zero-order valence-electron chi connectivity index (χ0n) is 15.8. The van der Waals surface area contributed by atoms with Crippen molar-refractivity contribution in [2.75, 3.05) is 31.6 Å². The second-order valence-corrected chi connectivity index (χ2v) is 7.10. The number of aliphatic imine (C=N–C) groups is 1. The van der Waals surface area contributed by atoms with Gasteiger partial charge in [0.15, 0.2) is 5.96 Å². The zero-order valence-corrected chi connectivity index (χ0v) is 18.9. The number of rotatable bonds is 5. The number of pyridine rings is 1. The summed E-state index contributed by atoms with van der Waals surface area (Å²) in [5, 5.41) is 7.55. The topological polar surface area (TPSA) is 52.6 Å². The van der Waals surface area contributed by atoms with Crippen molar-refractivity contribution in [2.45, 2.75) is 19.9 Å². The number of anilines is 1. The van der Waals surface area contributed by atoms with Gasteiger partial charge in [-0.3, -0.25) is 9.98 Å². The molecular formula is C20H27ClIN5. The summed E-state index contributed by atoms with van der Waals surface area (Å²) in [6.45, 7) is 5.80. The average molecular weight is 500 g/mol. The first-order valence-corrected chi connectivity index (χ1v) is 9.39. The van der Waals surface area contributed by atoms with E-state index < -0.39 is 0 Å². The summed E-state index contributed by atoms with van der Waals surface area (Å²) in [4.78, 5) is 11.0. The summed E-state index contributed by atoms with van der Waals surface area (Å²) in [6, 6.07) is 12.0. The maximum absolute atomic E-state index is 6.17. The summed E-state index contributed by atoms with van der Waals surface area (Å²) in [5.74, 6) is 1.40. The summed E-state index contributed by atoms with van der Waals surface area (Å²) >= 11 is 6.17. The number of guanidine groups is 1. The lowest BCUT2D eigenvalue weighted by Gasteiger charge is -2.21. The smallest absolute Gasteiger partial charge is 0.191 e. The normalized spacial score (nSPS) is 16.8. The van der Waals surface area contributed by atoms with E-state index in [1.165, 1.54) is 11.3 Å². The van der Waals surface area contributed by atoms with Crippen LogP contribution in [0.25, 0.3) is 0 Å². The summed E-state index contributed by atoms with van der Waals surface area (Å²) in [7, 11) is 1.80. The first-order valence-electron chi connectivity index (χ1n) is 9.01. The largest absolute Gasteiger partial charge is 0.371 e. The number of aromatic nitrogens is 1. The highest BCUT2D eigenvalue weighted by molar-refractivity contribution is 14.0. The Hall–Kier alpha value is -1.54. The van der Waals surface area contributed by atoms with Gasteiger partial charge in [0.25, 0.3) is 0 Å². The second-order valence-electron chi connectivity index (χ2n) is 6.66. The molecule has 5 nitrogen and oxygen atoms in total. The molecule has 146 valence electrons. The number of nitrogens with zero attached hydrogens (tertiary/aromatic N) is 3. The van der Waals surface area contributed by atoms with Crippen molar-refractivity contribution >= 4 is 47.2 Å². The maximum Gasteiger partial charge on any atom is 0.191 e. The van der Waals surface area contributed by atoms with E-state index in [2.05, 4.69) is 44.6 Å². The number of hydrogen-bond acceptors (Lipinski definition) is 3. The minimum absolute atomic E-state index is 0. The molecule has 1 unspecified atom stereocenters. The molecule has 1 aliphatic rings. The van der Waals surface area contributed by atoms with E-state index in [1.54, 1.807) is 13.2 Å². The average Bonchev–Trinajstić information content (AvgIpc) is 3.13. The van der Waals surface area contributed by atoms with Crippen LogP contribution in [0.4, 0.5) is 5.69 Å². The predicted octanol–water partition coefficient (Wildman–Crippen LogP) is 3.85. The third-order valence-corrected chi connectivity index (χ3v) is 4.98. The van der Waals surface area contributed by atoms with E-state index in [0.29, 0.717) is 12.5 Å². The first kappa shape index (κ1) is 21.8. The van der Waals surface area contributed by atoms with Gasteiger partial charge < -0.3 is 15.5 Å². The molecule has 3 rings (SSSR count). The van der Waals surface area contributed by atoms with E-state index in [-0.39, 0.29) is 24.0 Å². The Kier molecular flexibility index (Phi) is 8.63. The molecule has 0 spiro atoms. The van der Waals surface area contributed by atoms with Crippen LogP contribution in [-0.4, -0.2) is 37.6 Å². The highest BCUT2D eigenvalue weighted by Crippen LogP contribution is 2.29. The SMILES string of the molecule is CN=C(NCc1ccccn1)NCC1CCN(c2cc(Cl)ccc2C)C1.I. The van der Waals surface area contributed by atoms with Gasteiger partial charge in [0.1, 0.15) is 0 Å². The lowest BCUT2D eigenvalue weighted by atomic mass is 10.1.